The van der Waals surface area contributed by atoms with Crippen molar-refractivity contribution < 1.29 is 4.79 Å². The first-order valence-electron chi connectivity index (χ1n) is 11.3. The molecular weight excluding hydrogens is 446 g/mol. The number of nitrogens with zero attached hydrogens (tertiary/aromatic N) is 3. The number of fused-ring (bicyclic) bond motifs is 1. The Morgan fingerprint density at radius 3 is 2.70 bits per heavy atom. The summed E-state index contributed by atoms with van der Waals surface area (Å²) in [4.78, 5) is 15.7. The molecule has 0 fully saturated rings. The van der Waals surface area contributed by atoms with Crippen LogP contribution < -0.4 is 0 Å². The number of amides is 1. The summed E-state index contributed by atoms with van der Waals surface area (Å²) in [6, 6.07) is 21.0. The summed E-state index contributed by atoms with van der Waals surface area (Å²) in [6.07, 6.45) is 4.01. The Labute approximate surface area is 202 Å². The van der Waals surface area contributed by atoms with Gasteiger partial charge in [-0.3, -0.25) is 4.79 Å². The van der Waals surface area contributed by atoms with Gasteiger partial charge in [0.1, 0.15) is 0 Å². The fourth-order valence-electron chi connectivity index (χ4n) is 4.34. The summed E-state index contributed by atoms with van der Waals surface area (Å²) in [5, 5.41) is 9.80. The van der Waals surface area contributed by atoms with Crippen LogP contribution in [0.4, 0.5) is 0 Å². The van der Waals surface area contributed by atoms with E-state index < -0.39 is 0 Å². The minimum atomic E-state index is -0.0581. The molecule has 0 bridgehead atoms. The van der Waals surface area contributed by atoms with Gasteiger partial charge in [0.15, 0.2) is 0 Å². The van der Waals surface area contributed by atoms with Gasteiger partial charge in [-0.1, -0.05) is 61.0 Å². The number of rotatable bonds is 7. The van der Waals surface area contributed by atoms with Gasteiger partial charge in [-0.2, -0.15) is 5.10 Å². The van der Waals surface area contributed by atoms with Crippen LogP contribution in [0.1, 0.15) is 41.8 Å². The molecule has 0 N–H and O–H groups in total. The number of aryl methyl sites for hydroxylation is 2. The number of benzene rings is 2. The van der Waals surface area contributed by atoms with Crippen molar-refractivity contribution in [2.24, 2.45) is 5.10 Å². The Morgan fingerprint density at radius 1 is 1.12 bits per heavy atom. The standard InChI is InChI=1S/C27H27N3OS2/c1-3-14-29-17-26(21-7-4-5-8-23(21)29)33-18-27(31)30-24(20-12-10-19(2)11-13-20)16-22(28-30)25-9-6-15-32-25/h4-13,15,17,24H,3,14,16,18H2,1-2H3/t24-/m1/s1. The maximum atomic E-state index is 13.4. The average molecular weight is 474 g/mol. The lowest BCUT2D eigenvalue weighted by atomic mass is 10.00. The number of hydrogen-bond donors (Lipinski definition) is 0. The molecule has 1 aliphatic heterocycles. The number of hydrazone groups is 1. The van der Waals surface area contributed by atoms with Crippen molar-refractivity contribution in [2.45, 2.75) is 44.2 Å². The third-order valence-electron chi connectivity index (χ3n) is 6.00. The Hall–Kier alpha value is -2.83. The number of carbonyl (C=O) groups is 1. The molecular formula is C27H27N3OS2. The quantitative estimate of drug-likeness (QED) is 0.274. The fraction of sp³-hybridized carbons (Fsp3) is 0.259. The first-order valence-corrected chi connectivity index (χ1v) is 13.2. The number of carbonyl (C=O) groups excluding carboxylic acids is 1. The van der Waals surface area contributed by atoms with E-state index in [2.05, 4.69) is 84.6 Å². The first kappa shape index (κ1) is 22.0. The maximum Gasteiger partial charge on any atom is 0.253 e. The zero-order chi connectivity index (χ0) is 22.8. The Morgan fingerprint density at radius 2 is 1.94 bits per heavy atom. The molecule has 33 heavy (non-hydrogen) atoms. The lowest BCUT2D eigenvalue weighted by molar-refractivity contribution is -0.130. The minimum Gasteiger partial charge on any atom is -0.346 e. The molecule has 0 radical (unpaired) electrons. The molecule has 0 saturated heterocycles. The second-order valence-electron chi connectivity index (χ2n) is 8.39. The fourth-order valence-corrected chi connectivity index (χ4v) is 6.00. The molecule has 5 rings (SSSR count). The highest BCUT2D eigenvalue weighted by molar-refractivity contribution is 8.00. The average Bonchev–Trinajstić information content (AvgIpc) is 3.58. The topological polar surface area (TPSA) is 37.6 Å². The van der Waals surface area contributed by atoms with Crippen LogP contribution in [0.25, 0.3) is 10.9 Å². The van der Waals surface area contributed by atoms with E-state index in [1.165, 1.54) is 16.5 Å². The van der Waals surface area contributed by atoms with E-state index in [-0.39, 0.29) is 11.9 Å². The molecule has 4 nitrogen and oxygen atoms in total. The zero-order valence-electron chi connectivity index (χ0n) is 18.9. The monoisotopic (exact) mass is 473 g/mol. The summed E-state index contributed by atoms with van der Waals surface area (Å²) in [6.45, 7) is 5.25. The number of thioether (sulfide) groups is 1. The molecule has 0 saturated carbocycles. The van der Waals surface area contributed by atoms with Crippen molar-refractivity contribution in [3.05, 3.63) is 88.2 Å². The van der Waals surface area contributed by atoms with Gasteiger partial charge in [0.2, 0.25) is 0 Å². The number of para-hydroxylation sites is 1. The maximum absolute atomic E-state index is 13.4. The highest BCUT2D eigenvalue weighted by Crippen LogP contribution is 2.36. The molecule has 168 valence electrons. The molecule has 6 heteroatoms. The highest BCUT2D eigenvalue weighted by Gasteiger charge is 2.33. The molecule has 0 unspecified atom stereocenters. The minimum absolute atomic E-state index is 0.0458. The van der Waals surface area contributed by atoms with E-state index >= 15 is 0 Å². The predicted octanol–water partition coefficient (Wildman–Crippen LogP) is 6.89. The van der Waals surface area contributed by atoms with Gasteiger partial charge in [-0.05, 0) is 36.4 Å². The Bertz CT molecular complexity index is 1290. The van der Waals surface area contributed by atoms with Gasteiger partial charge in [0.05, 0.1) is 22.4 Å². The van der Waals surface area contributed by atoms with Gasteiger partial charge < -0.3 is 4.57 Å². The van der Waals surface area contributed by atoms with E-state index in [1.807, 2.05) is 6.07 Å². The molecule has 0 spiro atoms. The van der Waals surface area contributed by atoms with E-state index in [1.54, 1.807) is 28.1 Å². The van der Waals surface area contributed by atoms with Gasteiger partial charge in [-0.15, -0.1) is 23.1 Å². The van der Waals surface area contributed by atoms with Crippen molar-refractivity contribution >= 4 is 45.6 Å². The van der Waals surface area contributed by atoms with Gasteiger partial charge in [0, 0.05) is 35.0 Å². The zero-order valence-corrected chi connectivity index (χ0v) is 20.5. The summed E-state index contributed by atoms with van der Waals surface area (Å²) in [5.41, 5.74) is 4.57. The number of thiophene rings is 1. The SMILES string of the molecule is CCCn1cc(SCC(=O)N2N=C(c3cccs3)C[C@@H]2c2ccc(C)cc2)c2ccccc21. The molecule has 2 aromatic heterocycles. The predicted molar refractivity (Wildman–Crippen MR) is 139 cm³/mol. The van der Waals surface area contributed by atoms with Gasteiger partial charge >= 0.3 is 0 Å². The van der Waals surface area contributed by atoms with Crippen LogP contribution >= 0.6 is 23.1 Å². The summed E-state index contributed by atoms with van der Waals surface area (Å²) < 4.78 is 2.29. The highest BCUT2D eigenvalue weighted by atomic mass is 32.2. The second-order valence-corrected chi connectivity index (χ2v) is 10.4. The third kappa shape index (κ3) is 4.50. The normalized spacial score (nSPS) is 15.9. The van der Waals surface area contributed by atoms with Crippen molar-refractivity contribution in [1.82, 2.24) is 9.58 Å². The molecule has 3 heterocycles. The summed E-state index contributed by atoms with van der Waals surface area (Å²) in [5.74, 6) is 0.411. The molecule has 4 aromatic rings. The largest absolute Gasteiger partial charge is 0.346 e. The molecule has 1 amide bonds. The smallest absolute Gasteiger partial charge is 0.253 e. The lowest BCUT2D eigenvalue weighted by Crippen LogP contribution is -2.28. The van der Waals surface area contributed by atoms with Crippen molar-refractivity contribution in [2.75, 3.05) is 5.75 Å². The van der Waals surface area contributed by atoms with Gasteiger partial charge in [0.25, 0.3) is 5.91 Å². The lowest BCUT2D eigenvalue weighted by Gasteiger charge is -2.22. The molecule has 2 aromatic carbocycles. The van der Waals surface area contributed by atoms with Crippen LogP contribution in [0, 0.1) is 6.92 Å². The van der Waals surface area contributed by atoms with E-state index in [0.29, 0.717) is 5.75 Å². The van der Waals surface area contributed by atoms with Crippen LogP contribution in [0.15, 0.2) is 82.2 Å². The number of aromatic nitrogens is 1. The molecule has 1 atom stereocenters. The third-order valence-corrected chi connectivity index (χ3v) is 7.95. The van der Waals surface area contributed by atoms with Gasteiger partial charge in [-0.25, -0.2) is 5.01 Å². The van der Waals surface area contributed by atoms with Crippen molar-refractivity contribution in [3.63, 3.8) is 0 Å². The van der Waals surface area contributed by atoms with Crippen LogP contribution in [0.5, 0.6) is 0 Å². The van der Waals surface area contributed by atoms with E-state index in [4.69, 9.17) is 5.10 Å². The Kier molecular flexibility index (Phi) is 6.38. The first-order chi connectivity index (χ1) is 16.1. The van der Waals surface area contributed by atoms with Crippen molar-refractivity contribution in [1.29, 1.82) is 0 Å². The van der Waals surface area contributed by atoms with E-state index in [0.717, 1.165) is 40.4 Å². The van der Waals surface area contributed by atoms with Crippen LogP contribution in [-0.4, -0.2) is 26.9 Å². The number of hydrogen-bond acceptors (Lipinski definition) is 4. The van der Waals surface area contributed by atoms with Crippen LogP contribution in [-0.2, 0) is 11.3 Å². The Balaban J connectivity index is 1.39. The molecule has 0 aliphatic carbocycles. The summed E-state index contributed by atoms with van der Waals surface area (Å²) >= 11 is 3.29. The van der Waals surface area contributed by atoms with Crippen LogP contribution in [0.3, 0.4) is 0 Å². The molecule has 1 aliphatic rings. The second kappa shape index (κ2) is 9.57. The van der Waals surface area contributed by atoms with Crippen molar-refractivity contribution in [3.8, 4) is 0 Å². The van der Waals surface area contributed by atoms with E-state index in [9.17, 15) is 4.79 Å². The summed E-state index contributed by atoms with van der Waals surface area (Å²) in [7, 11) is 0. The van der Waals surface area contributed by atoms with Crippen LogP contribution in [0.2, 0.25) is 0 Å².